The highest BCUT2D eigenvalue weighted by Gasteiger charge is 2.09. The summed E-state index contributed by atoms with van der Waals surface area (Å²) >= 11 is 7.56. The van der Waals surface area contributed by atoms with Crippen LogP contribution in [0.25, 0.3) is 11.0 Å². The predicted octanol–water partition coefficient (Wildman–Crippen LogP) is 4.63. The summed E-state index contributed by atoms with van der Waals surface area (Å²) in [5.74, 6) is 0.504. The topological polar surface area (TPSA) is 68.6 Å². The third kappa shape index (κ3) is 3.80. The van der Waals surface area contributed by atoms with Crippen molar-refractivity contribution in [3.05, 3.63) is 75.1 Å². The molecule has 0 aliphatic heterocycles. The standard InChI is InChI=1S/C18H15ClN2O2S/c1-11-7-16-14(9-15(11)19)12(8-17(22)23-16)10-24-18(20)21-13-5-3-2-4-6-13/h2-9H,10H2,1H3,(H2,20,21). The lowest BCUT2D eigenvalue weighted by Gasteiger charge is -2.07. The van der Waals surface area contributed by atoms with E-state index < -0.39 is 5.63 Å². The minimum absolute atomic E-state index is 0.390. The SMILES string of the molecule is Cc1cc2oc(=O)cc(CSC(N)=Nc3ccccc3)c2cc1Cl. The zero-order chi connectivity index (χ0) is 17.1. The van der Waals surface area contributed by atoms with Gasteiger partial charge in [-0.05, 0) is 42.3 Å². The molecule has 0 atom stereocenters. The minimum atomic E-state index is -0.390. The maximum absolute atomic E-state index is 11.8. The Labute approximate surface area is 148 Å². The molecule has 0 fully saturated rings. The van der Waals surface area contributed by atoms with Crippen molar-refractivity contribution in [2.24, 2.45) is 10.7 Å². The second-order valence-corrected chi connectivity index (χ2v) is 6.67. The second kappa shape index (κ2) is 7.11. The Hall–Kier alpha value is -2.24. The third-order valence-electron chi connectivity index (χ3n) is 3.48. The van der Waals surface area contributed by atoms with Crippen LogP contribution in [0.4, 0.5) is 5.69 Å². The number of hydrogen-bond acceptors (Lipinski definition) is 4. The first kappa shape index (κ1) is 16.6. The van der Waals surface area contributed by atoms with Gasteiger partial charge in [0.2, 0.25) is 0 Å². The van der Waals surface area contributed by atoms with Crippen molar-refractivity contribution in [2.75, 3.05) is 0 Å². The number of fused-ring (bicyclic) bond motifs is 1. The van der Waals surface area contributed by atoms with E-state index in [1.54, 1.807) is 6.07 Å². The second-order valence-electron chi connectivity index (χ2n) is 5.26. The molecule has 3 aromatic rings. The Morgan fingerprint density at radius 1 is 1.25 bits per heavy atom. The molecule has 6 heteroatoms. The number of benzene rings is 2. The predicted molar refractivity (Wildman–Crippen MR) is 101 cm³/mol. The Bertz CT molecular complexity index is 968. The Morgan fingerprint density at radius 3 is 2.75 bits per heavy atom. The van der Waals surface area contributed by atoms with Gasteiger partial charge in [-0.3, -0.25) is 0 Å². The molecule has 4 nitrogen and oxygen atoms in total. The van der Waals surface area contributed by atoms with Crippen LogP contribution in [0.15, 0.2) is 62.7 Å². The van der Waals surface area contributed by atoms with E-state index in [2.05, 4.69) is 4.99 Å². The van der Waals surface area contributed by atoms with Gasteiger partial charge in [-0.1, -0.05) is 41.6 Å². The quantitative estimate of drug-likeness (QED) is 0.421. The van der Waals surface area contributed by atoms with Crippen LogP contribution >= 0.6 is 23.4 Å². The molecule has 0 saturated carbocycles. The number of hydrogen-bond donors (Lipinski definition) is 1. The fraction of sp³-hybridized carbons (Fsp3) is 0.111. The summed E-state index contributed by atoms with van der Waals surface area (Å²) < 4.78 is 5.26. The molecule has 24 heavy (non-hydrogen) atoms. The third-order valence-corrected chi connectivity index (χ3v) is 4.73. The molecule has 0 amide bonds. The van der Waals surface area contributed by atoms with Crippen molar-refractivity contribution in [3.63, 3.8) is 0 Å². The first-order valence-corrected chi connectivity index (χ1v) is 8.64. The van der Waals surface area contributed by atoms with Gasteiger partial charge in [0.05, 0.1) is 5.69 Å². The number of amidine groups is 1. The molecule has 122 valence electrons. The van der Waals surface area contributed by atoms with Crippen molar-refractivity contribution in [2.45, 2.75) is 12.7 Å². The van der Waals surface area contributed by atoms with Gasteiger partial charge in [-0.25, -0.2) is 9.79 Å². The molecule has 1 heterocycles. The van der Waals surface area contributed by atoms with Gasteiger partial charge in [-0.15, -0.1) is 0 Å². The van der Waals surface area contributed by atoms with E-state index in [0.29, 0.717) is 21.5 Å². The van der Waals surface area contributed by atoms with E-state index in [4.69, 9.17) is 21.8 Å². The van der Waals surface area contributed by atoms with Crippen molar-refractivity contribution in [3.8, 4) is 0 Å². The van der Waals surface area contributed by atoms with Crippen LogP contribution in [0.2, 0.25) is 5.02 Å². The zero-order valence-corrected chi connectivity index (χ0v) is 14.5. The number of nitrogens with two attached hydrogens (primary N) is 1. The fourth-order valence-electron chi connectivity index (χ4n) is 2.28. The fourth-order valence-corrected chi connectivity index (χ4v) is 3.16. The van der Waals surface area contributed by atoms with E-state index in [1.165, 1.54) is 17.8 Å². The van der Waals surface area contributed by atoms with E-state index in [1.807, 2.05) is 43.3 Å². The summed E-state index contributed by atoms with van der Waals surface area (Å²) in [5.41, 5.74) is 8.58. The van der Waals surface area contributed by atoms with E-state index >= 15 is 0 Å². The maximum Gasteiger partial charge on any atom is 0.336 e. The highest BCUT2D eigenvalue weighted by Crippen LogP contribution is 2.27. The van der Waals surface area contributed by atoms with Crippen LogP contribution in [0.3, 0.4) is 0 Å². The Morgan fingerprint density at radius 2 is 2.00 bits per heavy atom. The van der Waals surface area contributed by atoms with Crippen molar-refractivity contribution >= 4 is 45.2 Å². The molecule has 3 rings (SSSR count). The van der Waals surface area contributed by atoms with Crippen LogP contribution in [0.5, 0.6) is 0 Å². The first-order valence-electron chi connectivity index (χ1n) is 7.28. The number of thioether (sulfide) groups is 1. The average molecular weight is 359 g/mol. The molecule has 1 aromatic heterocycles. The molecule has 0 unspecified atom stereocenters. The molecule has 0 spiro atoms. The Kier molecular flexibility index (Phi) is 4.92. The van der Waals surface area contributed by atoms with Gasteiger partial charge in [-0.2, -0.15) is 0 Å². The highest BCUT2D eigenvalue weighted by atomic mass is 35.5. The molecule has 0 radical (unpaired) electrons. The first-order chi connectivity index (χ1) is 11.5. The van der Waals surface area contributed by atoms with E-state index in [9.17, 15) is 4.79 Å². The summed E-state index contributed by atoms with van der Waals surface area (Å²) in [6.07, 6.45) is 0. The summed E-state index contributed by atoms with van der Waals surface area (Å²) in [5, 5.41) is 1.87. The highest BCUT2D eigenvalue weighted by molar-refractivity contribution is 8.13. The van der Waals surface area contributed by atoms with Gasteiger partial charge >= 0.3 is 5.63 Å². The summed E-state index contributed by atoms with van der Waals surface area (Å²) in [7, 11) is 0. The van der Waals surface area contributed by atoms with Crippen molar-refractivity contribution < 1.29 is 4.42 Å². The van der Waals surface area contributed by atoms with E-state index in [0.717, 1.165) is 22.2 Å². The monoisotopic (exact) mass is 358 g/mol. The lowest BCUT2D eigenvalue weighted by Crippen LogP contribution is -2.07. The van der Waals surface area contributed by atoms with Crippen molar-refractivity contribution in [1.29, 1.82) is 0 Å². The normalized spacial score (nSPS) is 11.8. The zero-order valence-electron chi connectivity index (χ0n) is 13.0. The maximum atomic E-state index is 11.8. The van der Waals surface area contributed by atoms with Crippen LogP contribution in [0, 0.1) is 6.92 Å². The van der Waals surface area contributed by atoms with Crippen molar-refractivity contribution in [1.82, 2.24) is 0 Å². The molecule has 0 aliphatic carbocycles. The van der Waals surface area contributed by atoms with Gasteiger partial charge in [0, 0.05) is 22.2 Å². The molecule has 0 saturated heterocycles. The molecular formula is C18H15ClN2O2S. The molecular weight excluding hydrogens is 344 g/mol. The van der Waals surface area contributed by atoms with Crippen LogP contribution in [-0.2, 0) is 5.75 Å². The largest absolute Gasteiger partial charge is 0.423 e. The summed E-state index contributed by atoms with van der Waals surface area (Å²) in [4.78, 5) is 16.1. The number of nitrogens with zero attached hydrogens (tertiary/aromatic N) is 1. The minimum Gasteiger partial charge on any atom is -0.423 e. The van der Waals surface area contributed by atoms with Gasteiger partial charge in [0.1, 0.15) is 5.58 Å². The van der Waals surface area contributed by atoms with Crippen LogP contribution < -0.4 is 11.4 Å². The summed E-state index contributed by atoms with van der Waals surface area (Å²) in [6, 6.07) is 14.5. The van der Waals surface area contributed by atoms with Gasteiger partial charge in [0.15, 0.2) is 5.17 Å². The number of para-hydroxylation sites is 1. The lowest BCUT2D eigenvalue weighted by atomic mass is 10.1. The van der Waals surface area contributed by atoms with Gasteiger partial charge in [0.25, 0.3) is 0 Å². The summed E-state index contributed by atoms with van der Waals surface area (Å²) in [6.45, 7) is 1.87. The van der Waals surface area contributed by atoms with E-state index in [-0.39, 0.29) is 0 Å². The smallest absolute Gasteiger partial charge is 0.336 e. The van der Waals surface area contributed by atoms with Gasteiger partial charge < -0.3 is 10.2 Å². The number of aryl methyl sites for hydroxylation is 1. The molecule has 0 bridgehead atoms. The number of halogens is 1. The molecule has 2 N–H and O–H groups in total. The number of rotatable bonds is 3. The van der Waals surface area contributed by atoms with Crippen LogP contribution in [-0.4, -0.2) is 5.17 Å². The average Bonchev–Trinajstić information content (AvgIpc) is 2.55. The lowest BCUT2D eigenvalue weighted by molar-refractivity contribution is 0.559. The number of aliphatic imine (C=N–C) groups is 1. The molecule has 2 aromatic carbocycles. The molecule has 0 aliphatic rings. The Balaban J connectivity index is 1.89. The van der Waals surface area contributed by atoms with Crippen LogP contribution in [0.1, 0.15) is 11.1 Å².